The van der Waals surface area contributed by atoms with E-state index < -0.39 is 11.7 Å². The van der Waals surface area contributed by atoms with Crippen LogP contribution in [0.2, 0.25) is 5.02 Å². The number of amides is 1. The number of nitrogens with one attached hydrogen (secondary N) is 1. The Labute approximate surface area is 193 Å². The molecule has 1 N–H and O–H groups in total. The summed E-state index contributed by atoms with van der Waals surface area (Å²) in [5, 5.41) is 21.3. The number of carbonyl (C=O) groups excluding carboxylic acids is 1. The number of nitriles is 1. The number of halogens is 2. The highest BCUT2D eigenvalue weighted by Crippen LogP contribution is 2.30. The van der Waals surface area contributed by atoms with Crippen LogP contribution in [0.15, 0.2) is 42.0 Å². The summed E-state index contributed by atoms with van der Waals surface area (Å²) >= 11 is 7.32. The van der Waals surface area contributed by atoms with Crippen LogP contribution in [0.25, 0.3) is 6.08 Å². The molecule has 0 saturated heterocycles. The maximum atomic E-state index is 13.4. The van der Waals surface area contributed by atoms with Gasteiger partial charge in [-0.2, -0.15) is 5.26 Å². The maximum absolute atomic E-state index is 13.4. The predicted molar refractivity (Wildman–Crippen MR) is 120 cm³/mol. The van der Waals surface area contributed by atoms with Gasteiger partial charge in [0.05, 0.1) is 7.11 Å². The lowest BCUT2D eigenvalue weighted by molar-refractivity contribution is -0.112. The van der Waals surface area contributed by atoms with E-state index in [0.29, 0.717) is 39.2 Å². The second-order valence-corrected chi connectivity index (χ2v) is 7.88. The fraction of sp³-hybridized carbons (Fsp3) is 0.182. The molecule has 2 aromatic carbocycles. The van der Waals surface area contributed by atoms with Crippen molar-refractivity contribution in [1.82, 2.24) is 10.2 Å². The summed E-state index contributed by atoms with van der Waals surface area (Å²) in [6.07, 6.45) is 2.13. The van der Waals surface area contributed by atoms with Gasteiger partial charge in [-0.1, -0.05) is 35.9 Å². The lowest BCUT2D eigenvalue weighted by Gasteiger charge is -2.12. The Kier molecular flexibility index (Phi) is 7.76. The molecule has 0 aliphatic heterocycles. The molecule has 0 spiro atoms. The summed E-state index contributed by atoms with van der Waals surface area (Å²) in [5.74, 6) is -0.233. The third-order valence-electron chi connectivity index (χ3n) is 4.24. The highest BCUT2D eigenvalue weighted by Gasteiger charge is 2.14. The van der Waals surface area contributed by atoms with Crippen LogP contribution in [0.5, 0.6) is 11.5 Å². The summed E-state index contributed by atoms with van der Waals surface area (Å²) < 4.78 is 24.5. The molecule has 0 radical (unpaired) electrons. The number of aryl methyl sites for hydroxylation is 1. The SMILES string of the molecule is CCc1nnc(NC(=O)/C(C#N)=C/c2ccc(OCc3cc(F)ccc3Cl)c(OC)c2)s1. The third-order valence-corrected chi connectivity index (χ3v) is 5.60. The Morgan fingerprint density at radius 1 is 1.28 bits per heavy atom. The zero-order valence-corrected chi connectivity index (χ0v) is 18.8. The van der Waals surface area contributed by atoms with Crippen LogP contribution in [0.1, 0.15) is 23.1 Å². The Hall–Kier alpha value is -3.48. The molecule has 1 amide bonds. The fourth-order valence-electron chi connectivity index (χ4n) is 2.63. The normalized spacial score (nSPS) is 11.0. The van der Waals surface area contributed by atoms with E-state index in [2.05, 4.69) is 15.5 Å². The molecule has 0 aliphatic rings. The Bertz CT molecular complexity index is 1210. The Morgan fingerprint density at radius 3 is 2.78 bits per heavy atom. The molecule has 10 heteroatoms. The number of rotatable bonds is 8. The molecule has 1 aromatic heterocycles. The average Bonchev–Trinajstić information content (AvgIpc) is 3.25. The van der Waals surface area contributed by atoms with E-state index in [0.717, 1.165) is 5.01 Å². The van der Waals surface area contributed by atoms with Gasteiger partial charge in [-0.3, -0.25) is 10.1 Å². The topological polar surface area (TPSA) is 97.1 Å². The molecule has 7 nitrogen and oxygen atoms in total. The molecule has 164 valence electrons. The lowest BCUT2D eigenvalue weighted by Crippen LogP contribution is -2.13. The quantitative estimate of drug-likeness (QED) is 0.365. The number of ether oxygens (including phenoxy) is 2. The molecule has 0 saturated carbocycles. The standard InChI is InChI=1S/C22H18ClFN4O3S/c1-3-20-27-28-22(32-20)26-21(29)14(11-25)8-13-4-7-18(19(9-13)30-2)31-12-15-10-16(24)5-6-17(15)23/h4-10H,3,12H2,1-2H3,(H,26,28,29)/b14-8+. The minimum absolute atomic E-state index is 0.0373. The van der Waals surface area contributed by atoms with Gasteiger partial charge in [-0.15, -0.1) is 10.2 Å². The van der Waals surface area contributed by atoms with E-state index in [4.69, 9.17) is 21.1 Å². The van der Waals surface area contributed by atoms with Crippen molar-refractivity contribution < 1.29 is 18.7 Å². The Morgan fingerprint density at radius 2 is 2.09 bits per heavy atom. The molecule has 0 atom stereocenters. The first-order chi connectivity index (χ1) is 15.4. The molecule has 32 heavy (non-hydrogen) atoms. The van der Waals surface area contributed by atoms with Crippen molar-refractivity contribution in [3.05, 3.63) is 68.9 Å². The second-order valence-electron chi connectivity index (χ2n) is 6.41. The smallest absolute Gasteiger partial charge is 0.268 e. The van der Waals surface area contributed by atoms with E-state index in [9.17, 15) is 14.4 Å². The Balaban J connectivity index is 1.75. The predicted octanol–water partition coefficient (Wildman–Crippen LogP) is 5.03. The molecule has 1 heterocycles. The van der Waals surface area contributed by atoms with Crippen molar-refractivity contribution in [3.8, 4) is 17.6 Å². The van der Waals surface area contributed by atoms with Crippen LogP contribution in [-0.2, 0) is 17.8 Å². The average molecular weight is 473 g/mol. The van der Waals surface area contributed by atoms with Gasteiger partial charge < -0.3 is 9.47 Å². The van der Waals surface area contributed by atoms with Crippen LogP contribution in [0.4, 0.5) is 9.52 Å². The van der Waals surface area contributed by atoms with Crippen molar-refractivity contribution >= 4 is 40.1 Å². The molecular formula is C22H18ClFN4O3S. The summed E-state index contributed by atoms with van der Waals surface area (Å²) in [4.78, 5) is 12.4. The van der Waals surface area contributed by atoms with E-state index in [1.165, 1.54) is 42.7 Å². The summed E-state index contributed by atoms with van der Waals surface area (Å²) in [6.45, 7) is 1.97. The molecule has 0 unspecified atom stereocenters. The fourth-order valence-corrected chi connectivity index (χ4v) is 3.48. The second kappa shape index (κ2) is 10.7. The van der Waals surface area contributed by atoms with Gasteiger partial charge in [0.1, 0.15) is 29.1 Å². The van der Waals surface area contributed by atoms with Crippen molar-refractivity contribution in [2.45, 2.75) is 20.0 Å². The number of anilines is 1. The van der Waals surface area contributed by atoms with Gasteiger partial charge in [0.2, 0.25) is 5.13 Å². The first kappa shape index (κ1) is 23.2. The largest absolute Gasteiger partial charge is 0.493 e. The van der Waals surface area contributed by atoms with Crippen molar-refractivity contribution in [1.29, 1.82) is 5.26 Å². The zero-order chi connectivity index (χ0) is 23.1. The number of nitrogens with zero attached hydrogens (tertiary/aromatic N) is 3. The van der Waals surface area contributed by atoms with Crippen LogP contribution < -0.4 is 14.8 Å². The lowest BCUT2D eigenvalue weighted by atomic mass is 10.1. The van der Waals surface area contributed by atoms with Crippen molar-refractivity contribution in [2.75, 3.05) is 12.4 Å². The first-order valence-corrected chi connectivity index (χ1v) is 10.6. The highest BCUT2D eigenvalue weighted by molar-refractivity contribution is 7.15. The third kappa shape index (κ3) is 5.81. The number of carbonyl (C=O) groups is 1. The first-order valence-electron chi connectivity index (χ1n) is 9.43. The van der Waals surface area contributed by atoms with Crippen LogP contribution in [0, 0.1) is 17.1 Å². The van der Waals surface area contributed by atoms with Crippen LogP contribution >= 0.6 is 22.9 Å². The van der Waals surface area contributed by atoms with Crippen LogP contribution in [-0.4, -0.2) is 23.2 Å². The van der Waals surface area contributed by atoms with Crippen molar-refractivity contribution in [3.63, 3.8) is 0 Å². The highest BCUT2D eigenvalue weighted by atomic mass is 35.5. The number of methoxy groups -OCH3 is 1. The number of hydrogen-bond acceptors (Lipinski definition) is 7. The molecule has 3 aromatic rings. The summed E-state index contributed by atoms with van der Waals surface area (Å²) in [5.41, 5.74) is 0.931. The van der Waals surface area contributed by atoms with Gasteiger partial charge in [0.25, 0.3) is 5.91 Å². The van der Waals surface area contributed by atoms with E-state index in [-0.39, 0.29) is 12.2 Å². The monoisotopic (exact) mass is 472 g/mol. The summed E-state index contributed by atoms with van der Waals surface area (Å²) in [7, 11) is 1.46. The zero-order valence-electron chi connectivity index (χ0n) is 17.2. The molecule has 0 aliphatic carbocycles. The minimum atomic E-state index is -0.591. The van der Waals surface area contributed by atoms with Gasteiger partial charge in [-0.25, -0.2) is 4.39 Å². The number of aromatic nitrogens is 2. The van der Waals surface area contributed by atoms with Gasteiger partial charge in [0.15, 0.2) is 11.5 Å². The summed E-state index contributed by atoms with van der Waals surface area (Å²) in [6, 6.07) is 10.8. The molecular weight excluding hydrogens is 455 g/mol. The van der Waals surface area contributed by atoms with E-state index in [1.807, 2.05) is 13.0 Å². The van der Waals surface area contributed by atoms with Crippen LogP contribution in [0.3, 0.4) is 0 Å². The van der Waals surface area contributed by atoms with Gasteiger partial charge in [0, 0.05) is 10.6 Å². The van der Waals surface area contributed by atoms with Gasteiger partial charge >= 0.3 is 0 Å². The number of benzene rings is 2. The minimum Gasteiger partial charge on any atom is -0.493 e. The number of hydrogen-bond donors (Lipinski definition) is 1. The molecule has 3 rings (SSSR count). The molecule has 0 fully saturated rings. The maximum Gasteiger partial charge on any atom is 0.268 e. The van der Waals surface area contributed by atoms with E-state index >= 15 is 0 Å². The molecule has 0 bridgehead atoms. The van der Waals surface area contributed by atoms with Crippen molar-refractivity contribution in [2.24, 2.45) is 0 Å². The van der Waals surface area contributed by atoms with Gasteiger partial charge in [-0.05, 0) is 48.4 Å². The van der Waals surface area contributed by atoms with E-state index in [1.54, 1.807) is 18.2 Å².